The van der Waals surface area contributed by atoms with Crippen molar-refractivity contribution in [3.05, 3.63) is 62.3 Å². The summed E-state index contributed by atoms with van der Waals surface area (Å²) in [6, 6.07) is 6.86. The fraction of sp³-hybridized carbons (Fsp3) is 0.318. The molecule has 0 radical (unpaired) electrons. The van der Waals surface area contributed by atoms with E-state index in [1.54, 1.807) is 24.3 Å². The van der Waals surface area contributed by atoms with E-state index in [1.807, 2.05) is 27.7 Å². The summed E-state index contributed by atoms with van der Waals surface area (Å²) in [6.07, 6.45) is 3.26. The number of rotatable bonds is 8. The summed E-state index contributed by atoms with van der Waals surface area (Å²) < 4.78 is 21.6. The lowest BCUT2D eigenvalue weighted by molar-refractivity contribution is 0.103. The first-order chi connectivity index (χ1) is 14.3. The summed E-state index contributed by atoms with van der Waals surface area (Å²) in [5, 5.41) is 4.65. The lowest BCUT2D eigenvalue weighted by Crippen LogP contribution is -2.04. The Kier molecular flexibility index (Phi) is 7.52. The zero-order valence-corrected chi connectivity index (χ0v) is 19.7. The lowest BCUT2D eigenvalue weighted by atomic mass is 9.96. The first-order valence-corrected chi connectivity index (χ1v) is 12.1. The van der Waals surface area contributed by atoms with Crippen LogP contribution >= 0.6 is 22.9 Å². The molecule has 2 aromatic heterocycles. The maximum Gasteiger partial charge on any atom is 0.194 e. The molecule has 0 amide bonds. The monoisotopic (exact) mass is 462 g/mol. The molecule has 0 spiro atoms. The number of halogens is 1. The molecule has 1 unspecified atom stereocenters. The SMILES string of the molecule is CCCC[S+]([O-])N=Cc1onc(C)c1-c1sc(C)c(C)c1C(=O)c1ccc(Cl)cc1. The largest absolute Gasteiger partial charge is 0.591 e. The molecule has 0 bridgehead atoms. The summed E-state index contributed by atoms with van der Waals surface area (Å²) in [5.41, 5.74) is 3.47. The van der Waals surface area contributed by atoms with Crippen LogP contribution in [0.1, 0.15) is 57.6 Å². The van der Waals surface area contributed by atoms with Crippen molar-refractivity contribution in [2.24, 2.45) is 4.40 Å². The van der Waals surface area contributed by atoms with E-state index in [0.29, 0.717) is 38.9 Å². The molecule has 8 heteroatoms. The quantitative estimate of drug-likeness (QED) is 0.230. The number of ketones is 1. The predicted octanol–water partition coefficient (Wildman–Crippen LogP) is 6.10. The minimum atomic E-state index is -1.32. The van der Waals surface area contributed by atoms with Gasteiger partial charge < -0.3 is 9.08 Å². The highest BCUT2D eigenvalue weighted by Gasteiger charge is 2.26. The van der Waals surface area contributed by atoms with Crippen LogP contribution in [0.25, 0.3) is 10.4 Å². The maximum atomic E-state index is 13.3. The zero-order valence-electron chi connectivity index (χ0n) is 17.3. The van der Waals surface area contributed by atoms with Crippen molar-refractivity contribution < 1.29 is 13.9 Å². The van der Waals surface area contributed by atoms with E-state index < -0.39 is 11.4 Å². The van der Waals surface area contributed by atoms with Crippen LogP contribution in [0, 0.1) is 20.8 Å². The molecule has 0 aliphatic rings. The van der Waals surface area contributed by atoms with Gasteiger partial charge in [-0.3, -0.25) is 4.79 Å². The molecule has 0 saturated heterocycles. The number of nitrogens with zero attached hydrogens (tertiary/aromatic N) is 2. The van der Waals surface area contributed by atoms with Crippen molar-refractivity contribution in [3.63, 3.8) is 0 Å². The third-order valence-corrected chi connectivity index (χ3v) is 7.25. The number of carbonyl (C=O) groups is 1. The first kappa shape index (κ1) is 22.7. The molecule has 3 aromatic rings. The van der Waals surface area contributed by atoms with Crippen LogP contribution in [-0.4, -0.2) is 27.5 Å². The third kappa shape index (κ3) is 4.86. The first-order valence-electron chi connectivity index (χ1n) is 9.62. The summed E-state index contributed by atoms with van der Waals surface area (Å²) in [5.74, 6) is 0.828. The molecule has 0 fully saturated rings. The van der Waals surface area contributed by atoms with Gasteiger partial charge in [-0.15, -0.1) is 11.3 Å². The highest BCUT2D eigenvalue weighted by atomic mass is 35.5. The number of aromatic nitrogens is 1. The van der Waals surface area contributed by atoms with Crippen LogP contribution in [0.2, 0.25) is 5.02 Å². The summed E-state index contributed by atoms with van der Waals surface area (Å²) >= 11 is 6.18. The van der Waals surface area contributed by atoms with E-state index in [1.165, 1.54) is 17.6 Å². The van der Waals surface area contributed by atoms with Crippen LogP contribution in [-0.2, 0) is 11.4 Å². The zero-order chi connectivity index (χ0) is 21.8. The molecular formula is C22H23ClN2O3S2. The Bertz CT molecular complexity index is 1070. The second kappa shape index (κ2) is 9.92. The molecule has 0 N–H and O–H groups in total. The molecule has 5 nitrogen and oxygen atoms in total. The van der Waals surface area contributed by atoms with E-state index in [2.05, 4.69) is 9.55 Å². The third-order valence-electron chi connectivity index (χ3n) is 4.80. The van der Waals surface area contributed by atoms with Crippen molar-refractivity contribution in [3.8, 4) is 10.4 Å². The Hall–Kier alpha value is -1.93. The highest BCUT2D eigenvalue weighted by molar-refractivity contribution is 7.90. The molecule has 158 valence electrons. The smallest absolute Gasteiger partial charge is 0.194 e. The van der Waals surface area contributed by atoms with Crippen molar-refractivity contribution in [2.75, 3.05) is 5.75 Å². The topological polar surface area (TPSA) is 78.5 Å². The molecule has 1 atom stereocenters. The fourth-order valence-corrected chi connectivity index (χ4v) is 5.24. The number of aryl methyl sites for hydroxylation is 2. The van der Waals surface area contributed by atoms with Crippen LogP contribution in [0.3, 0.4) is 0 Å². The molecule has 0 aliphatic carbocycles. The van der Waals surface area contributed by atoms with Crippen LogP contribution in [0.15, 0.2) is 33.2 Å². The van der Waals surface area contributed by atoms with Gasteiger partial charge >= 0.3 is 0 Å². The van der Waals surface area contributed by atoms with Crippen molar-refractivity contribution in [2.45, 2.75) is 40.5 Å². The predicted molar refractivity (Wildman–Crippen MR) is 124 cm³/mol. The van der Waals surface area contributed by atoms with Gasteiger partial charge in [0.1, 0.15) is 12.0 Å². The van der Waals surface area contributed by atoms with E-state index in [9.17, 15) is 9.35 Å². The van der Waals surface area contributed by atoms with Crippen molar-refractivity contribution in [1.29, 1.82) is 0 Å². The summed E-state index contributed by atoms with van der Waals surface area (Å²) in [6.45, 7) is 7.79. The fourth-order valence-electron chi connectivity index (χ4n) is 3.00. The minimum Gasteiger partial charge on any atom is -0.591 e. The van der Waals surface area contributed by atoms with Crippen LogP contribution < -0.4 is 0 Å². The molecule has 3 rings (SSSR count). The minimum absolute atomic E-state index is 0.0847. The van der Waals surface area contributed by atoms with Crippen molar-refractivity contribution in [1.82, 2.24) is 5.16 Å². The van der Waals surface area contributed by atoms with E-state index in [-0.39, 0.29) is 5.78 Å². The Balaban J connectivity index is 2.04. The number of hydrogen-bond donors (Lipinski definition) is 0. The average Bonchev–Trinajstić information content (AvgIpc) is 3.23. The van der Waals surface area contributed by atoms with Gasteiger partial charge in [0.2, 0.25) is 0 Å². The second-order valence-corrected chi connectivity index (χ2v) is 9.87. The number of unbranched alkanes of at least 4 members (excludes halogenated alkanes) is 1. The van der Waals surface area contributed by atoms with Gasteiger partial charge in [0.05, 0.1) is 27.5 Å². The number of thiophene rings is 1. The van der Waals surface area contributed by atoms with Gasteiger partial charge in [0.25, 0.3) is 0 Å². The van der Waals surface area contributed by atoms with E-state index >= 15 is 0 Å². The molecule has 1 aromatic carbocycles. The maximum absolute atomic E-state index is 13.3. The van der Waals surface area contributed by atoms with Crippen LogP contribution in [0.4, 0.5) is 0 Å². The Morgan fingerprint density at radius 1 is 1.30 bits per heavy atom. The summed E-state index contributed by atoms with van der Waals surface area (Å²) in [4.78, 5) is 15.2. The van der Waals surface area contributed by atoms with Gasteiger partial charge in [0, 0.05) is 21.0 Å². The lowest BCUT2D eigenvalue weighted by Gasteiger charge is -2.06. The average molecular weight is 463 g/mol. The molecule has 0 saturated carbocycles. The van der Waals surface area contributed by atoms with Crippen LogP contribution in [0.5, 0.6) is 0 Å². The number of hydrogen-bond acceptors (Lipinski definition) is 6. The van der Waals surface area contributed by atoms with Crippen molar-refractivity contribution >= 4 is 46.3 Å². The molecule has 0 aliphatic heterocycles. The van der Waals surface area contributed by atoms with Gasteiger partial charge in [-0.2, -0.15) is 0 Å². The molecule has 2 heterocycles. The second-order valence-electron chi connectivity index (χ2n) is 6.94. The van der Waals surface area contributed by atoms with Gasteiger partial charge in [-0.1, -0.05) is 34.5 Å². The van der Waals surface area contributed by atoms with E-state index in [4.69, 9.17) is 16.1 Å². The normalized spacial score (nSPS) is 12.6. The highest BCUT2D eigenvalue weighted by Crippen LogP contribution is 2.40. The Morgan fingerprint density at radius 2 is 2.00 bits per heavy atom. The van der Waals surface area contributed by atoms with Gasteiger partial charge in [-0.25, -0.2) is 0 Å². The summed E-state index contributed by atoms with van der Waals surface area (Å²) in [7, 11) is 0. The van der Waals surface area contributed by atoms with Gasteiger partial charge in [-0.05, 0) is 57.0 Å². The van der Waals surface area contributed by atoms with Gasteiger partial charge in [0.15, 0.2) is 11.5 Å². The molecular weight excluding hydrogens is 440 g/mol. The standard InChI is InChI=1S/C22H23ClN2O3S2/c1-5-6-11-30(27)24-12-18-20(14(3)25-28-18)22-19(13(2)15(4)29-22)21(26)16-7-9-17(23)10-8-16/h7-10,12H,5-6,11H2,1-4H3. The van der Waals surface area contributed by atoms with E-state index in [0.717, 1.165) is 28.2 Å². The number of benzene rings is 1. The number of carbonyl (C=O) groups excluding carboxylic acids is 1. The molecule has 30 heavy (non-hydrogen) atoms. The Morgan fingerprint density at radius 3 is 2.67 bits per heavy atom. The Labute approximate surface area is 188 Å².